The molecule has 0 saturated carbocycles. The number of carboxylic acid groups (broad SMARTS) is 1. The minimum Gasteiger partial charge on any atom is -0.465 e. The number of nitrogens with zero attached hydrogens (tertiary/aromatic N) is 1. The van der Waals surface area contributed by atoms with E-state index in [1.807, 2.05) is 0 Å². The SMILES string of the molecule is CC(C)(C=NO)NC(=O)O. The highest BCUT2D eigenvalue weighted by molar-refractivity contribution is 5.76. The van der Waals surface area contributed by atoms with E-state index in [0.29, 0.717) is 0 Å². The van der Waals surface area contributed by atoms with Crippen LogP contribution in [0.2, 0.25) is 0 Å². The standard InChI is InChI=1S/C5H10N2O3/c1-5(2,3-6-10)7-4(8)9/h3,7,10H,1-2H3,(H,8,9). The number of oxime groups is 1. The summed E-state index contributed by atoms with van der Waals surface area (Å²) < 4.78 is 0. The van der Waals surface area contributed by atoms with Crippen LogP contribution in [0.15, 0.2) is 5.16 Å². The van der Waals surface area contributed by atoms with Crippen LogP contribution in [0, 0.1) is 0 Å². The van der Waals surface area contributed by atoms with Gasteiger partial charge in [0, 0.05) is 0 Å². The lowest BCUT2D eigenvalue weighted by atomic mass is 10.1. The van der Waals surface area contributed by atoms with Crippen LogP contribution < -0.4 is 5.32 Å². The predicted octanol–water partition coefficient (Wildman–Crippen LogP) is 0.493. The summed E-state index contributed by atoms with van der Waals surface area (Å²) in [5.74, 6) is 0. The fraction of sp³-hybridized carbons (Fsp3) is 0.600. The third-order valence-electron chi connectivity index (χ3n) is 0.810. The third-order valence-corrected chi connectivity index (χ3v) is 0.810. The van der Waals surface area contributed by atoms with Crippen molar-refractivity contribution in [1.82, 2.24) is 5.32 Å². The topological polar surface area (TPSA) is 81.9 Å². The maximum atomic E-state index is 10.0. The van der Waals surface area contributed by atoms with Crippen molar-refractivity contribution in [1.29, 1.82) is 0 Å². The van der Waals surface area contributed by atoms with Gasteiger partial charge in [-0.2, -0.15) is 0 Å². The Morgan fingerprint density at radius 1 is 1.70 bits per heavy atom. The Hall–Kier alpha value is -1.26. The van der Waals surface area contributed by atoms with E-state index in [9.17, 15) is 4.79 Å². The molecular weight excluding hydrogens is 136 g/mol. The van der Waals surface area contributed by atoms with E-state index >= 15 is 0 Å². The molecule has 0 rings (SSSR count). The van der Waals surface area contributed by atoms with E-state index in [4.69, 9.17) is 10.3 Å². The van der Waals surface area contributed by atoms with Crippen molar-refractivity contribution in [2.24, 2.45) is 5.16 Å². The number of hydrogen-bond donors (Lipinski definition) is 3. The summed E-state index contributed by atoms with van der Waals surface area (Å²) in [5, 5.41) is 21.1. The van der Waals surface area contributed by atoms with Gasteiger partial charge in [0.1, 0.15) is 0 Å². The van der Waals surface area contributed by atoms with Gasteiger partial charge in [0.2, 0.25) is 0 Å². The number of rotatable bonds is 2. The van der Waals surface area contributed by atoms with E-state index in [1.165, 1.54) is 0 Å². The van der Waals surface area contributed by atoms with Crippen LogP contribution in [0.4, 0.5) is 4.79 Å². The molecule has 10 heavy (non-hydrogen) atoms. The largest absolute Gasteiger partial charge is 0.465 e. The lowest BCUT2D eigenvalue weighted by Gasteiger charge is -2.17. The van der Waals surface area contributed by atoms with Gasteiger partial charge < -0.3 is 15.6 Å². The van der Waals surface area contributed by atoms with Crippen molar-refractivity contribution in [3.8, 4) is 0 Å². The molecule has 0 heterocycles. The normalized spacial score (nSPS) is 11.8. The molecule has 3 N–H and O–H groups in total. The fourth-order valence-electron chi connectivity index (χ4n) is 0.452. The van der Waals surface area contributed by atoms with Gasteiger partial charge in [0.25, 0.3) is 0 Å². The summed E-state index contributed by atoms with van der Waals surface area (Å²) in [6.45, 7) is 3.14. The average molecular weight is 146 g/mol. The molecule has 5 heteroatoms. The monoisotopic (exact) mass is 146 g/mol. The van der Waals surface area contributed by atoms with Crippen LogP contribution in [0.5, 0.6) is 0 Å². The zero-order chi connectivity index (χ0) is 8.20. The molecule has 5 nitrogen and oxygen atoms in total. The summed E-state index contributed by atoms with van der Waals surface area (Å²) in [6.07, 6.45) is -0.0499. The van der Waals surface area contributed by atoms with Gasteiger partial charge in [-0.15, -0.1) is 0 Å². The molecule has 0 aliphatic rings. The molecule has 0 spiro atoms. The quantitative estimate of drug-likeness (QED) is 0.301. The van der Waals surface area contributed by atoms with Crippen molar-refractivity contribution < 1.29 is 15.1 Å². The number of nitrogens with one attached hydrogen (secondary N) is 1. The smallest absolute Gasteiger partial charge is 0.405 e. The van der Waals surface area contributed by atoms with E-state index < -0.39 is 11.6 Å². The molecule has 0 aliphatic heterocycles. The molecule has 0 bridgehead atoms. The molecule has 0 radical (unpaired) electrons. The lowest BCUT2D eigenvalue weighted by molar-refractivity contribution is 0.188. The van der Waals surface area contributed by atoms with Crippen LogP contribution in [0.1, 0.15) is 13.8 Å². The minimum absolute atomic E-state index is 0.819. The molecule has 0 aromatic heterocycles. The lowest BCUT2D eigenvalue weighted by Crippen LogP contribution is -2.43. The first-order valence-electron chi connectivity index (χ1n) is 2.67. The molecule has 0 aromatic carbocycles. The van der Waals surface area contributed by atoms with E-state index in [1.54, 1.807) is 13.8 Å². The summed E-state index contributed by atoms with van der Waals surface area (Å²) in [7, 11) is 0. The Balaban J connectivity index is 3.99. The van der Waals surface area contributed by atoms with Gasteiger partial charge >= 0.3 is 6.09 Å². The Morgan fingerprint density at radius 2 is 2.20 bits per heavy atom. The van der Waals surface area contributed by atoms with Crippen molar-refractivity contribution >= 4 is 12.3 Å². The molecule has 0 aliphatic carbocycles. The fourth-order valence-corrected chi connectivity index (χ4v) is 0.452. The Kier molecular flexibility index (Phi) is 2.66. The zero-order valence-electron chi connectivity index (χ0n) is 5.83. The molecule has 1 amide bonds. The van der Waals surface area contributed by atoms with Crippen molar-refractivity contribution in [2.75, 3.05) is 0 Å². The molecular formula is C5H10N2O3. The van der Waals surface area contributed by atoms with Crippen molar-refractivity contribution in [3.63, 3.8) is 0 Å². The van der Waals surface area contributed by atoms with Gasteiger partial charge in [-0.1, -0.05) is 5.16 Å². The first-order valence-corrected chi connectivity index (χ1v) is 2.67. The van der Waals surface area contributed by atoms with Crippen LogP contribution in [-0.2, 0) is 0 Å². The average Bonchev–Trinajstić information content (AvgIpc) is 1.59. The van der Waals surface area contributed by atoms with Gasteiger partial charge in [-0.25, -0.2) is 4.79 Å². The summed E-state index contributed by atoms with van der Waals surface area (Å²) in [6, 6.07) is 0. The van der Waals surface area contributed by atoms with Crippen LogP contribution in [-0.4, -0.2) is 28.2 Å². The van der Waals surface area contributed by atoms with Crippen molar-refractivity contribution in [3.05, 3.63) is 0 Å². The highest BCUT2D eigenvalue weighted by Gasteiger charge is 2.16. The highest BCUT2D eigenvalue weighted by atomic mass is 16.4. The first kappa shape index (κ1) is 8.74. The Labute approximate surface area is 58.3 Å². The van der Waals surface area contributed by atoms with Gasteiger partial charge in [-0.05, 0) is 13.8 Å². The molecule has 0 fully saturated rings. The van der Waals surface area contributed by atoms with E-state index in [0.717, 1.165) is 6.21 Å². The second kappa shape index (κ2) is 3.05. The number of amides is 1. The van der Waals surface area contributed by atoms with Crippen LogP contribution in [0.25, 0.3) is 0 Å². The van der Waals surface area contributed by atoms with Gasteiger partial charge in [0.05, 0.1) is 11.8 Å². The molecule has 0 unspecified atom stereocenters. The van der Waals surface area contributed by atoms with E-state index in [2.05, 4.69) is 10.5 Å². The maximum Gasteiger partial charge on any atom is 0.405 e. The number of hydrogen-bond acceptors (Lipinski definition) is 3. The molecule has 0 aromatic rings. The zero-order valence-corrected chi connectivity index (χ0v) is 5.83. The second-order valence-electron chi connectivity index (χ2n) is 2.40. The molecule has 0 atom stereocenters. The highest BCUT2D eigenvalue weighted by Crippen LogP contribution is 1.96. The van der Waals surface area contributed by atoms with Crippen molar-refractivity contribution in [2.45, 2.75) is 19.4 Å². The molecule has 0 saturated heterocycles. The van der Waals surface area contributed by atoms with Gasteiger partial charge in [0.15, 0.2) is 0 Å². The van der Waals surface area contributed by atoms with Gasteiger partial charge in [-0.3, -0.25) is 0 Å². The molecule has 58 valence electrons. The van der Waals surface area contributed by atoms with Crippen LogP contribution in [0.3, 0.4) is 0 Å². The maximum absolute atomic E-state index is 10.0. The third kappa shape index (κ3) is 3.71. The van der Waals surface area contributed by atoms with Crippen LogP contribution >= 0.6 is 0 Å². The summed E-state index contributed by atoms with van der Waals surface area (Å²) >= 11 is 0. The number of carbonyl (C=O) groups is 1. The Morgan fingerprint density at radius 3 is 2.50 bits per heavy atom. The minimum atomic E-state index is -1.15. The Bertz CT molecular complexity index is 153. The van der Waals surface area contributed by atoms with E-state index in [-0.39, 0.29) is 0 Å². The summed E-state index contributed by atoms with van der Waals surface area (Å²) in [4.78, 5) is 10.0. The second-order valence-corrected chi connectivity index (χ2v) is 2.40. The predicted molar refractivity (Wildman–Crippen MR) is 35.5 cm³/mol. The summed E-state index contributed by atoms with van der Waals surface area (Å²) in [5.41, 5.74) is -0.819. The first-order chi connectivity index (χ1) is 4.48.